The number of primary amides is 1. The van der Waals surface area contributed by atoms with Crippen LogP contribution in [0.5, 0.6) is 0 Å². The van der Waals surface area contributed by atoms with Crippen LogP contribution >= 0.6 is 15.9 Å². The number of fused-ring (bicyclic) bond motifs is 2. The first-order valence-electron chi connectivity index (χ1n) is 9.99. The van der Waals surface area contributed by atoms with Crippen LogP contribution in [0.25, 0.3) is 0 Å². The van der Waals surface area contributed by atoms with E-state index in [-0.39, 0.29) is 17.7 Å². The molecule has 4 rings (SSSR count). The van der Waals surface area contributed by atoms with Crippen molar-refractivity contribution in [3.8, 4) is 0 Å². The Morgan fingerprint density at radius 3 is 2.30 bits per heavy atom. The van der Waals surface area contributed by atoms with Crippen molar-refractivity contribution in [2.75, 3.05) is 4.90 Å². The minimum absolute atomic E-state index is 0.00828. The molecule has 30 heavy (non-hydrogen) atoms. The lowest BCUT2D eigenvalue weighted by Gasteiger charge is -2.40. The van der Waals surface area contributed by atoms with Gasteiger partial charge in [-0.05, 0) is 78.9 Å². The number of anilines is 1. The van der Waals surface area contributed by atoms with E-state index in [0.717, 1.165) is 31.5 Å². The number of pyridine rings is 1. The Morgan fingerprint density at radius 1 is 1.10 bits per heavy atom. The number of hydrogen-bond donors (Lipinski definition) is 2. The molecular weight excluding hydrogens is 448 g/mol. The maximum absolute atomic E-state index is 12.7. The molecule has 1 aromatic carbocycles. The third-order valence-electron chi connectivity index (χ3n) is 5.98. The highest BCUT2D eigenvalue weighted by atomic mass is 79.9. The number of benzene rings is 1. The van der Waals surface area contributed by atoms with E-state index in [9.17, 15) is 14.4 Å². The Balaban J connectivity index is 1.43. The SMILES string of the molecule is CC(=O)c1ccc(N2[C@@H]3CC[C@H]2CC(NC(=O)c2ccc(C(N)=O)c(Br)c2)C3)nc1. The van der Waals surface area contributed by atoms with Crippen molar-refractivity contribution in [3.63, 3.8) is 0 Å². The maximum Gasteiger partial charge on any atom is 0.251 e. The van der Waals surface area contributed by atoms with Crippen molar-refractivity contribution in [1.82, 2.24) is 10.3 Å². The molecule has 2 fully saturated rings. The fourth-order valence-corrected chi connectivity index (χ4v) is 5.12. The first kappa shape index (κ1) is 20.5. The monoisotopic (exact) mass is 470 g/mol. The van der Waals surface area contributed by atoms with Crippen molar-refractivity contribution in [3.05, 3.63) is 57.7 Å². The molecule has 8 heteroatoms. The number of nitrogens with zero attached hydrogens (tertiary/aromatic N) is 2. The number of nitrogens with two attached hydrogens (primary N) is 1. The van der Waals surface area contributed by atoms with Crippen molar-refractivity contribution in [1.29, 1.82) is 0 Å². The summed E-state index contributed by atoms with van der Waals surface area (Å²) in [5, 5.41) is 3.14. The van der Waals surface area contributed by atoms with Crippen LogP contribution in [0.4, 0.5) is 5.82 Å². The Morgan fingerprint density at radius 2 is 1.77 bits per heavy atom. The number of Topliss-reactive ketones (excluding diaryl/α,β-unsaturated/α-hetero) is 1. The van der Waals surface area contributed by atoms with Gasteiger partial charge in [-0.25, -0.2) is 4.98 Å². The summed E-state index contributed by atoms with van der Waals surface area (Å²) < 4.78 is 0.512. The molecule has 156 valence electrons. The van der Waals surface area contributed by atoms with Gasteiger partial charge in [0.2, 0.25) is 5.91 Å². The second-order valence-electron chi connectivity index (χ2n) is 7.95. The Labute approximate surface area is 183 Å². The second kappa shape index (κ2) is 8.18. The number of ketones is 1. The summed E-state index contributed by atoms with van der Waals surface area (Å²) in [5.74, 6) is 0.202. The summed E-state index contributed by atoms with van der Waals surface area (Å²) in [5.41, 5.74) is 6.77. The number of amides is 2. The second-order valence-corrected chi connectivity index (χ2v) is 8.81. The quantitative estimate of drug-likeness (QED) is 0.653. The zero-order valence-electron chi connectivity index (χ0n) is 16.6. The van der Waals surface area contributed by atoms with Gasteiger partial charge in [0.15, 0.2) is 5.78 Å². The number of halogens is 1. The van der Waals surface area contributed by atoms with E-state index in [1.807, 2.05) is 12.1 Å². The Bertz CT molecular complexity index is 994. The highest BCUT2D eigenvalue weighted by Crippen LogP contribution is 2.38. The molecule has 2 aliphatic rings. The average Bonchev–Trinajstić information content (AvgIpc) is 2.98. The zero-order chi connectivity index (χ0) is 21.4. The van der Waals surface area contributed by atoms with Crippen LogP contribution in [0.2, 0.25) is 0 Å². The van der Waals surface area contributed by atoms with Crippen molar-refractivity contribution in [2.45, 2.75) is 50.7 Å². The molecule has 3 atom stereocenters. The molecule has 7 nitrogen and oxygen atoms in total. The number of nitrogens with one attached hydrogen (secondary N) is 1. The molecule has 1 aromatic heterocycles. The van der Waals surface area contributed by atoms with E-state index in [1.54, 1.807) is 24.4 Å². The molecule has 0 radical (unpaired) electrons. The lowest BCUT2D eigenvalue weighted by molar-refractivity contribution is 0.0924. The first-order valence-corrected chi connectivity index (χ1v) is 10.8. The highest BCUT2D eigenvalue weighted by molar-refractivity contribution is 9.10. The van der Waals surface area contributed by atoms with Crippen LogP contribution in [0, 0.1) is 0 Å². The summed E-state index contributed by atoms with van der Waals surface area (Å²) in [6, 6.07) is 9.25. The number of hydrogen-bond acceptors (Lipinski definition) is 5. The minimum Gasteiger partial charge on any atom is -0.366 e. The molecule has 2 amide bonds. The van der Waals surface area contributed by atoms with Gasteiger partial charge in [-0.3, -0.25) is 14.4 Å². The van der Waals surface area contributed by atoms with Gasteiger partial charge < -0.3 is 16.0 Å². The number of piperidine rings is 1. The van der Waals surface area contributed by atoms with Crippen LogP contribution < -0.4 is 16.0 Å². The topological polar surface area (TPSA) is 105 Å². The standard InChI is InChI=1S/C22H23BrN4O3/c1-12(28)14-3-7-20(25-11-14)27-16-4-5-17(27)10-15(9-16)26-22(30)13-2-6-18(21(24)29)19(23)8-13/h2-3,6-8,11,15-17H,4-5,9-10H2,1H3,(H2,24,29)(H,26,30)/t15?,16-,17+. The minimum atomic E-state index is -0.539. The lowest BCUT2D eigenvalue weighted by Crippen LogP contribution is -2.50. The summed E-state index contributed by atoms with van der Waals surface area (Å²) in [6.07, 6.45) is 5.45. The van der Waals surface area contributed by atoms with Crippen LogP contribution in [-0.2, 0) is 0 Å². The van der Waals surface area contributed by atoms with Gasteiger partial charge in [0.05, 0.1) is 5.56 Å². The predicted octanol–water partition coefficient (Wildman–Crippen LogP) is 3.08. The molecule has 2 aliphatic heterocycles. The summed E-state index contributed by atoms with van der Waals surface area (Å²) in [7, 11) is 0. The summed E-state index contributed by atoms with van der Waals surface area (Å²) in [6.45, 7) is 1.54. The summed E-state index contributed by atoms with van der Waals surface area (Å²) >= 11 is 3.30. The predicted molar refractivity (Wildman–Crippen MR) is 117 cm³/mol. The lowest BCUT2D eigenvalue weighted by atomic mass is 9.96. The highest BCUT2D eigenvalue weighted by Gasteiger charge is 2.41. The van der Waals surface area contributed by atoms with Crippen LogP contribution in [-0.4, -0.2) is 40.7 Å². The normalized spacial score (nSPS) is 22.6. The smallest absolute Gasteiger partial charge is 0.251 e. The molecule has 2 bridgehead atoms. The molecule has 3 N–H and O–H groups in total. The van der Waals surface area contributed by atoms with E-state index in [4.69, 9.17) is 5.73 Å². The van der Waals surface area contributed by atoms with Crippen LogP contribution in [0.1, 0.15) is 63.7 Å². The number of rotatable bonds is 5. The molecular formula is C22H23BrN4O3. The van der Waals surface area contributed by atoms with Gasteiger partial charge in [-0.1, -0.05) is 0 Å². The van der Waals surface area contributed by atoms with Crippen LogP contribution in [0.15, 0.2) is 41.0 Å². The van der Waals surface area contributed by atoms with Crippen molar-refractivity contribution < 1.29 is 14.4 Å². The van der Waals surface area contributed by atoms with Gasteiger partial charge in [0.25, 0.3) is 5.91 Å². The first-order chi connectivity index (χ1) is 14.3. The molecule has 0 spiro atoms. The van der Waals surface area contributed by atoms with Crippen LogP contribution in [0.3, 0.4) is 0 Å². The maximum atomic E-state index is 12.7. The van der Waals surface area contributed by atoms with E-state index >= 15 is 0 Å². The fourth-order valence-electron chi connectivity index (χ4n) is 4.54. The number of carbonyl (C=O) groups is 3. The fraction of sp³-hybridized carbons (Fsp3) is 0.364. The third-order valence-corrected chi connectivity index (χ3v) is 6.64. The van der Waals surface area contributed by atoms with Crippen molar-refractivity contribution in [2.24, 2.45) is 5.73 Å². The largest absolute Gasteiger partial charge is 0.366 e. The van der Waals surface area contributed by atoms with E-state index < -0.39 is 5.91 Å². The van der Waals surface area contributed by atoms with Gasteiger partial charge in [0, 0.05) is 39.9 Å². The molecule has 3 heterocycles. The van der Waals surface area contributed by atoms with Crippen molar-refractivity contribution >= 4 is 39.3 Å². The van der Waals surface area contributed by atoms with Gasteiger partial charge >= 0.3 is 0 Å². The Kier molecular flexibility index (Phi) is 5.60. The van der Waals surface area contributed by atoms with Gasteiger partial charge in [-0.2, -0.15) is 0 Å². The molecule has 2 saturated heterocycles. The van der Waals surface area contributed by atoms with Gasteiger partial charge in [-0.15, -0.1) is 0 Å². The summed E-state index contributed by atoms with van der Waals surface area (Å²) in [4.78, 5) is 42.4. The average molecular weight is 471 g/mol. The molecule has 0 saturated carbocycles. The zero-order valence-corrected chi connectivity index (χ0v) is 18.2. The third kappa shape index (κ3) is 3.96. The number of carbonyl (C=O) groups excluding carboxylic acids is 3. The van der Waals surface area contributed by atoms with E-state index in [1.165, 1.54) is 6.92 Å². The van der Waals surface area contributed by atoms with E-state index in [2.05, 4.69) is 31.1 Å². The molecule has 2 aromatic rings. The Hall–Kier alpha value is -2.74. The van der Waals surface area contributed by atoms with Gasteiger partial charge in [0.1, 0.15) is 5.82 Å². The van der Waals surface area contributed by atoms with E-state index in [0.29, 0.717) is 33.2 Å². The molecule has 0 aliphatic carbocycles. The number of aromatic nitrogens is 1. The molecule has 1 unspecified atom stereocenters.